The highest BCUT2D eigenvalue weighted by Crippen LogP contribution is 2.23. The SMILES string of the molecule is CCCc1nc2ccc(CCC(=O)Nc3cccc(Cl)c3C)cc2[nH]1. The van der Waals surface area contributed by atoms with Crippen molar-refractivity contribution in [1.29, 1.82) is 0 Å². The van der Waals surface area contributed by atoms with Crippen molar-refractivity contribution < 1.29 is 4.79 Å². The van der Waals surface area contributed by atoms with Crippen molar-refractivity contribution >= 4 is 34.2 Å². The van der Waals surface area contributed by atoms with Gasteiger partial charge in [0, 0.05) is 23.6 Å². The molecule has 0 spiro atoms. The van der Waals surface area contributed by atoms with Crippen molar-refractivity contribution in [3.05, 3.63) is 58.4 Å². The van der Waals surface area contributed by atoms with Crippen molar-refractivity contribution in [3.63, 3.8) is 0 Å². The number of hydrogen-bond donors (Lipinski definition) is 2. The predicted molar refractivity (Wildman–Crippen MR) is 103 cm³/mol. The Hall–Kier alpha value is -2.33. The third-order valence-electron chi connectivity index (χ3n) is 4.26. The summed E-state index contributed by atoms with van der Waals surface area (Å²) in [5.41, 5.74) is 4.79. The van der Waals surface area contributed by atoms with Crippen LogP contribution in [0.15, 0.2) is 36.4 Å². The van der Waals surface area contributed by atoms with Gasteiger partial charge in [-0.2, -0.15) is 0 Å². The smallest absolute Gasteiger partial charge is 0.224 e. The summed E-state index contributed by atoms with van der Waals surface area (Å²) in [6.45, 7) is 4.04. The van der Waals surface area contributed by atoms with E-state index in [1.807, 2.05) is 37.3 Å². The fourth-order valence-corrected chi connectivity index (χ4v) is 3.01. The number of aromatic nitrogens is 2. The number of anilines is 1. The molecule has 0 aliphatic carbocycles. The number of hydrogen-bond acceptors (Lipinski definition) is 2. The number of rotatable bonds is 6. The Morgan fingerprint density at radius 3 is 2.88 bits per heavy atom. The van der Waals surface area contributed by atoms with Crippen molar-refractivity contribution in [2.24, 2.45) is 0 Å². The summed E-state index contributed by atoms with van der Waals surface area (Å²) in [6.07, 6.45) is 3.12. The number of nitrogens with zero attached hydrogens (tertiary/aromatic N) is 1. The van der Waals surface area contributed by atoms with Crippen LogP contribution in [0.5, 0.6) is 0 Å². The summed E-state index contributed by atoms with van der Waals surface area (Å²) < 4.78 is 0. The zero-order valence-corrected chi connectivity index (χ0v) is 15.3. The highest BCUT2D eigenvalue weighted by molar-refractivity contribution is 6.31. The lowest BCUT2D eigenvalue weighted by atomic mass is 10.1. The monoisotopic (exact) mass is 355 g/mol. The molecule has 0 aliphatic heterocycles. The second-order valence-corrected chi connectivity index (χ2v) is 6.65. The molecule has 1 amide bonds. The van der Waals surface area contributed by atoms with Gasteiger partial charge in [-0.25, -0.2) is 4.98 Å². The van der Waals surface area contributed by atoms with E-state index in [2.05, 4.69) is 28.3 Å². The summed E-state index contributed by atoms with van der Waals surface area (Å²) in [7, 11) is 0. The Balaban J connectivity index is 1.63. The van der Waals surface area contributed by atoms with Crippen LogP contribution in [0.4, 0.5) is 5.69 Å². The number of nitrogens with one attached hydrogen (secondary N) is 2. The molecule has 3 rings (SSSR count). The predicted octanol–water partition coefficient (Wildman–Crippen LogP) is 5.05. The maximum absolute atomic E-state index is 12.2. The lowest BCUT2D eigenvalue weighted by molar-refractivity contribution is -0.116. The molecular formula is C20H22ClN3O. The molecule has 4 nitrogen and oxygen atoms in total. The molecule has 1 aromatic heterocycles. The van der Waals surface area contributed by atoms with Crippen LogP contribution in [0.1, 0.15) is 36.7 Å². The van der Waals surface area contributed by atoms with E-state index in [1.54, 1.807) is 0 Å². The van der Waals surface area contributed by atoms with Gasteiger partial charge in [0.15, 0.2) is 0 Å². The second kappa shape index (κ2) is 7.70. The first-order valence-electron chi connectivity index (χ1n) is 8.59. The quantitative estimate of drug-likeness (QED) is 0.650. The van der Waals surface area contributed by atoms with Gasteiger partial charge in [-0.1, -0.05) is 30.7 Å². The molecule has 0 saturated heterocycles. The van der Waals surface area contributed by atoms with Gasteiger partial charge < -0.3 is 10.3 Å². The van der Waals surface area contributed by atoms with E-state index in [0.717, 1.165) is 46.5 Å². The van der Waals surface area contributed by atoms with E-state index in [9.17, 15) is 4.79 Å². The lowest BCUT2D eigenvalue weighted by Gasteiger charge is -2.09. The maximum Gasteiger partial charge on any atom is 0.224 e. The first-order valence-corrected chi connectivity index (χ1v) is 8.97. The van der Waals surface area contributed by atoms with Crippen LogP contribution >= 0.6 is 11.6 Å². The number of amides is 1. The van der Waals surface area contributed by atoms with E-state index < -0.39 is 0 Å². The fourth-order valence-electron chi connectivity index (χ4n) is 2.83. The van der Waals surface area contributed by atoms with Gasteiger partial charge >= 0.3 is 0 Å². The fraction of sp³-hybridized carbons (Fsp3) is 0.300. The summed E-state index contributed by atoms with van der Waals surface area (Å²) >= 11 is 6.09. The zero-order chi connectivity index (χ0) is 17.8. The third kappa shape index (κ3) is 4.20. The van der Waals surface area contributed by atoms with Gasteiger partial charge in [0.1, 0.15) is 5.82 Å². The molecule has 0 fully saturated rings. The van der Waals surface area contributed by atoms with Crippen LogP contribution in [0.25, 0.3) is 11.0 Å². The van der Waals surface area contributed by atoms with Crippen LogP contribution in [-0.2, 0) is 17.6 Å². The molecule has 0 radical (unpaired) electrons. The minimum atomic E-state index is -0.0123. The first kappa shape index (κ1) is 17.5. The van der Waals surface area contributed by atoms with Crippen molar-refractivity contribution in [3.8, 4) is 0 Å². The molecule has 1 heterocycles. The Kier molecular flexibility index (Phi) is 5.39. The molecule has 0 unspecified atom stereocenters. The largest absolute Gasteiger partial charge is 0.342 e. The van der Waals surface area contributed by atoms with E-state index in [4.69, 9.17) is 11.6 Å². The summed E-state index contributed by atoms with van der Waals surface area (Å²) in [4.78, 5) is 20.1. The average molecular weight is 356 g/mol. The molecular weight excluding hydrogens is 334 g/mol. The Morgan fingerprint density at radius 2 is 2.08 bits per heavy atom. The van der Waals surface area contributed by atoms with Gasteiger partial charge in [0.25, 0.3) is 0 Å². The third-order valence-corrected chi connectivity index (χ3v) is 4.67. The first-order chi connectivity index (χ1) is 12.1. The molecule has 0 bridgehead atoms. The number of aryl methyl sites for hydroxylation is 2. The molecule has 2 aromatic carbocycles. The number of benzene rings is 2. The van der Waals surface area contributed by atoms with Gasteiger partial charge in [0.05, 0.1) is 11.0 Å². The number of fused-ring (bicyclic) bond motifs is 1. The molecule has 5 heteroatoms. The molecule has 25 heavy (non-hydrogen) atoms. The number of carbonyl (C=O) groups excluding carboxylic acids is 1. The van der Waals surface area contributed by atoms with E-state index in [-0.39, 0.29) is 5.91 Å². The van der Waals surface area contributed by atoms with Crippen LogP contribution in [0, 0.1) is 6.92 Å². The van der Waals surface area contributed by atoms with Crippen LogP contribution in [0.2, 0.25) is 5.02 Å². The van der Waals surface area contributed by atoms with Crippen LogP contribution < -0.4 is 5.32 Å². The second-order valence-electron chi connectivity index (χ2n) is 6.25. The number of H-pyrrole nitrogens is 1. The van der Waals surface area contributed by atoms with Gasteiger partial charge in [0.2, 0.25) is 5.91 Å². The molecule has 130 valence electrons. The van der Waals surface area contributed by atoms with Gasteiger partial charge in [-0.05, 0) is 55.2 Å². The maximum atomic E-state index is 12.2. The number of carbonyl (C=O) groups is 1. The van der Waals surface area contributed by atoms with Crippen molar-refractivity contribution in [1.82, 2.24) is 9.97 Å². The summed E-state index contributed by atoms with van der Waals surface area (Å²) in [6, 6.07) is 11.7. The Bertz CT molecular complexity index is 901. The molecule has 0 atom stereocenters. The summed E-state index contributed by atoms with van der Waals surface area (Å²) in [5, 5.41) is 3.59. The highest BCUT2D eigenvalue weighted by Gasteiger charge is 2.08. The van der Waals surface area contributed by atoms with Gasteiger partial charge in [-0.15, -0.1) is 0 Å². The zero-order valence-electron chi connectivity index (χ0n) is 14.5. The average Bonchev–Trinajstić information content (AvgIpc) is 2.99. The standard InChI is InChI=1S/C20H22ClN3O/c1-3-5-19-22-17-10-8-14(12-18(17)23-19)9-11-20(25)24-16-7-4-6-15(21)13(16)2/h4,6-8,10,12H,3,5,9,11H2,1-2H3,(H,22,23)(H,24,25). The lowest BCUT2D eigenvalue weighted by Crippen LogP contribution is -2.13. The molecule has 0 saturated carbocycles. The topological polar surface area (TPSA) is 57.8 Å². The van der Waals surface area contributed by atoms with Crippen LogP contribution in [-0.4, -0.2) is 15.9 Å². The minimum Gasteiger partial charge on any atom is -0.342 e. The van der Waals surface area contributed by atoms with E-state index >= 15 is 0 Å². The van der Waals surface area contributed by atoms with E-state index in [0.29, 0.717) is 17.9 Å². The minimum absolute atomic E-state index is 0.0123. The number of imidazole rings is 1. The molecule has 2 N–H and O–H groups in total. The summed E-state index contributed by atoms with van der Waals surface area (Å²) in [5.74, 6) is 1.01. The number of halogens is 1. The Labute approximate surface area is 152 Å². The Morgan fingerprint density at radius 1 is 1.24 bits per heavy atom. The normalized spacial score (nSPS) is 11.0. The molecule has 0 aliphatic rings. The number of aromatic amines is 1. The van der Waals surface area contributed by atoms with Gasteiger partial charge in [-0.3, -0.25) is 4.79 Å². The van der Waals surface area contributed by atoms with Crippen molar-refractivity contribution in [2.45, 2.75) is 39.5 Å². The van der Waals surface area contributed by atoms with Crippen LogP contribution in [0.3, 0.4) is 0 Å². The van der Waals surface area contributed by atoms with Crippen molar-refractivity contribution in [2.75, 3.05) is 5.32 Å². The van der Waals surface area contributed by atoms with E-state index in [1.165, 1.54) is 0 Å². The highest BCUT2D eigenvalue weighted by atomic mass is 35.5. The molecule has 3 aromatic rings.